The summed E-state index contributed by atoms with van der Waals surface area (Å²) in [6.45, 7) is 10.5. The molecule has 1 aliphatic heterocycles. The van der Waals surface area contributed by atoms with Crippen molar-refractivity contribution in [3.8, 4) is 0 Å². The van der Waals surface area contributed by atoms with E-state index in [2.05, 4.69) is 76.1 Å². The Bertz CT molecular complexity index is 748. The normalized spacial score (nSPS) is 15.8. The molecule has 1 saturated heterocycles. The highest BCUT2D eigenvalue weighted by Crippen LogP contribution is 2.26. The van der Waals surface area contributed by atoms with Crippen LogP contribution in [0.2, 0.25) is 0 Å². The molecule has 1 aromatic carbocycles. The Hall–Kier alpha value is -1.66. The Balaban J connectivity index is 1.60. The maximum absolute atomic E-state index is 12.8. The molecule has 134 valence electrons. The summed E-state index contributed by atoms with van der Waals surface area (Å²) in [5.41, 5.74) is 4.15. The Morgan fingerprint density at radius 2 is 1.92 bits per heavy atom. The van der Waals surface area contributed by atoms with Crippen LogP contribution in [-0.4, -0.2) is 52.1 Å². The fraction of sp³-hybridized carbons (Fsp3) is 0.474. The molecule has 0 unspecified atom stereocenters. The van der Waals surface area contributed by atoms with Crippen LogP contribution in [0.1, 0.15) is 47.1 Å². The van der Waals surface area contributed by atoms with Crippen molar-refractivity contribution in [1.29, 1.82) is 0 Å². The number of carbonyl (C=O) groups is 1. The second-order valence-electron chi connectivity index (χ2n) is 6.95. The first kappa shape index (κ1) is 18.1. The largest absolute Gasteiger partial charge is 0.335 e. The van der Waals surface area contributed by atoms with E-state index in [1.807, 2.05) is 4.90 Å². The van der Waals surface area contributed by atoms with Gasteiger partial charge in [-0.15, -0.1) is 0 Å². The maximum Gasteiger partial charge on any atom is 0.275 e. The van der Waals surface area contributed by atoms with Crippen molar-refractivity contribution in [3.05, 3.63) is 51.3 Å². The molecule has 2 heterocycles. The molecule has 0 bridgehead atoms. The van der Waals surface area contributed by atoms with Crippen LogP contribution in [-0.2, 0) is 6.54 Å². The number of aromatic nitrogens is 2. The number of piperazine rings is 1. The number of nitrogens with zero attached hydrogens (tertiary/aromatic N) is 3. The summed E-state index contributed by atoms with van der Waals surface area (Å²) in [5.74, 6) is 0.306. The van der Waals surface area contributed by atoms with Crippen LogP contribution in [0, 0.1) is 6.92 Å². The van der Waals surface area contributed by atoms with E-state index in [1.54, 1.807) is 0 Å². The molecule has 1 aromatic heterocycles. The molecule has 0 saturated carbocycles. The lowest BCUT2D eigenvalue weighted by molar-refractivity contribution is 0.0621. The third-order valence-electron chi connectivity index (χ3n) is 4.83. The number of carbonyl (C=O) groups excluding carboxylic acids is 1. The van der Waals surface area contributed by atoms with E-state index in [-0.39, 0.29) is 5.91 Å². The Morgan fingerprint density at radius 3 is 2.52 bits per heavy atom. The fourth-order valence-electron chi connectivity index (χ4n) is 3.15. The molecule has 25 heavy (non-hydrogen) atoms. The number of aryl methyl sites for hydroxylation is 1. The number of benzene rings is 1. The minimum atomic E-state index is 0.00515. The second kappa shape index (κ2) is 7.70. The Morgan fingerprint density at radius 1 is 1.24 bits per heavy atom. The molecule has 1 aliphatic rings. The Labute approximate surface area is 157 Å². The van der Waals surface area contributed by atoms with Crippen LogP contribution < -0.4 is 0 Å². The van der Waals surface area contributed by atoms with Crippen LogP contribution in [0.25, 0.3) is 0 Å². The van der Waals surface area contributed by atoms with Gasteiger partial charge in [0.1, 0.15) is 0 Å². The predicted molar refractivity (Wildman–Crippen MR) is 103 cm³/mol. The molecule has 5 nitrogen and oxygen atoms in total. The molecular weight excluding hydrogens is 380 g/mol. The van der Waals surface area contributed by atoms with Gasteiger partial charge in [-0.1, -0.05) is 38.1 Å². The lowest BCUT2D eigenvalue weighted by atomic mass is 10.1. The summed E-state index contributed by atoms with van der Waals surface area (Å²) in [6.07, 6.45) is 0. The summed E-state index contributed by atoms with van der Waals surface area (Å²) >= 11 is 3.53. The summed E-state index contributed by atoms with van der Waals surface area (Å²) in [6, 6.07) is 8.49. The maximum atomic E-state index is 12.8. The van der Waals surface area contributed by atoms with Crippen molar-refractivity contribution >= 4 is 21.8 Å². The molecule has 1 N–H and O–H groups in total. The quantitative estimate of drug-likeness (QED) is 0.847. The highest BCUT2D eigenvalue weighted by Gasteiger charge is 2.27. The van der Waals surface area contributed by atoms with Crippen LogP contribution in [0.3, 0.4) is 0 Å². The summed E-state index contributed by atoms with van der Waals surface area (Å²) in [7, 11) is 0. The van der Waals surface area contributed by atoms with Crippen molar-refractivity contribution in [2.45, 2.75) is 33.2 Å². The molecule has 1 fully saturated rings. The van der Waals surface area contributed by atoms with E-state index in [1.165, 1.54) is 11.1 Å². The third-order valence-corrected chi connectivity index (χ3v) is 5.63. The number of rotatable bonds is 4. The van der Waals surface area contributed by atoms with Gasteiger partial charge in [-0.05, 0) is 39.9 Å². The molecule has 3 rings (SSSR count). The van der Waals surface area contributed by atoms with Crippen LogP contribution in [0.5, 0.6) is 0 Å². The van der Waals surface area contributed by atoms with Gasteiger partial charge >= 0.3 is 0 Å². The molecule has 0 spiro atoms. The van der Waals surface area contributed by atoms with Gasteiger partial charge in [0.25, 0.3) is 5.91 Å². The van der Waals surface area contributed by atoms with Crippen LogP contribution in [0.15, 0.2) is 28.7 Å². The molecular formula is C19H25BrN4O. The smallest absolute Gasteiger partial charge is 0.275 e. The average molecular weight is 405 g/mol. The highest BCUT2D eigenvalue weighted by atomic mass is 79.9. The zero-order valence-electron chi connectivity index (χ0n) is 15.1. The molecule has 0 atom stereocenters. The molecule has 6 heteroatoms. The molecule has 0 radical (unpaired) electrons. The standard InChI is InChI=1S/C19H25BrN4O/c1-13(2)17-16(20)18(22-21-17)19(25)24-10-8-23(9-11-24)12-15-7-5-4-6-14(15)3/h4-7,13H,8-12H2,1-3H3,(H,21,22). The van der Waals surface area contributed by atoms with Crippen molar-refractivity contribution in [2.75, 3.05) is 26.2 Å². The lowest BCUT2D eigenvalue weighted by Crippen LogP contribution is -2.48. The second-order valence-corrected chi connectivity index (χ2v) is 7.74. The van der Waals surface area contributed by atoms with E-state index in [4.69, 9.17) is 0 Å². The fourth-order valence-corrected chi connectivity index (χ4v) is 3.96. The number of halogens is 1. The van der Waals surface area contributed by atoms with Crippen molar-refractivity contribution in [1.82, 2.24) is 20.0 Å². The van der Waals surface area contributed by atoms with Gasteiger partial charge in [0, 0.05) is 32.7 Å². The van der Waals surface area contributed by atoms with E-state index >= 15 is 0 Å². The van der Waals surface area contributed by atoms with Crippen molar-refractivity contribution in [2.24, 2.45) is 0 Å². The minimum absolute atomic E-state index is 0.00515. The molecule has 1 amide bonds. The summed E-state index contributed by atoms with van der Waals surface area (Å²) < 4.78 is 0.801. The van der Waals surface area contributed by atoms with Gasteiger partial charge in [-0.25, -0.2) is 0 Å². The van der Waals surface area contributed by atoms with Gasteiger partial charge in [-0.2, -0.15) is 5.10 Å². The van der Waals surface area contributed by atoms with Gasteiger partial charge in [0.2, 0.25) is 0 Å². The van der Waals surface area contributed by atoms with Crippen LogP contribution >= 0.6 is 15.9 Å². The lowest BCUT2D eigenvalue weighted by Gasteiger charge is -2.34. The van der Waals surface area contributed by atoms with E-state index < -0.39 is 0 Å². The summed E-state index contributed by atoms with van der Waals surface area (Å²) in [5, 5.41) is 7.22. The number of aromatic amines is 1. The number of amides is 1. The van der Waals surface area contributed by atoms with Gasteiger partial charge in [0.15, 0.2) is 5.69 Å². The SMILES string of the molecule is Cc1ccccc1CN1CCN(C(=O)c2n[nH]c(C(C)C)c2Br)CC1. The van der Waals surface area contributed by atoms with Crippen molar-refractivity contribution < 1.29 is 4.79 Å². The predicted octanol–water partition coefficient (Wildman–Crippen LogP) is 3.56. The van der Waals surface area contributed by atoms with Gasteiger partial charge in [0.05, 0.1) is 10.2 Å². The number of hydrogen-bond acceptors (Lipinski definition) is 3. The van der Waals surface area contributed by atoms with E-state index in [0.717, 1.165) is 42.9 Å². The number of H-pyrrole nitrogens is 1. The Kier molecular flexibility index (Phi) is 5.59. The molecule has 0 aliphatic carbocycles. The first-order valence-electron chi connectivity index (χ1n) is 8.77. The van der Waals surface area contributed by atoms with E-state index in [9.17, 15) is 4.79 Å². The number of nitrogens with one attached hydrogen (secondary N) is 1. The van der Waals surface area contributed by atoms with Crippen LogP contribution in [0.4, 0.5) is 0 Å². The molecule has 2 aromatic rings. The first-order valence-corrected chi connectivity index (χ1v) is 9.56. The highest BCUT2D eigenvalue weighted by molar-refractivity contribution is 9.10. The topological polar surface area (TPSA) is 52.2 Å². The minimum Gasteiger partial charge on any atom is -0.335 e. The third kappa shape index (κ3) is 3.96. The zero-order valence-corrected chi connectivity index (χ0v) is 16.6. The van der Waals surface area contributed by atoms with Gasteiger partial charge < -0.3 is 4.90 Å². The van der Waals surface area contributed by atoms with Crippen molar-refractivity contribution in [3.63, 3.8) is 0 Å². The number of hydrogen-bond donors (Lipinski definition) is 1. The van der Waals surface area contributed by atoms with Gasteiger partial charge in [-0.3, -0.25) is 14.8 Å². The average Bonchev–Trinajstić information content (AvgIpc) is 2.99. The summed E-state index contributed by atoms with van der Waals surface area (Å²) in [4.78, 5) is 17.1. The monoisotopic (exact) mass is 404 g/mol. The van der Waals surface area contributed by atoms with E-state index in [0.29, 0.717) is 11.6 Å². The first-order chi connectivity index (χ1) is 12.0. The zero-order chi connectivity index (χ0) is 18.0.